The summed E-state index contributed by atoms with van der Waals surface area (Å²) in [5, 5.41) is 4.77. The number of likely N-dealkylation sites (tertiary alicyclic amines) is 1. The molecule has 0 saturated carbocycles. The number of hydrogen-bond acceptors (Lipinski definition) is 5. The van der Waals surface area contributed by atoms with Crippen molar-refractivity contribution in [1.29, 1.82) is 0 Å². The number of benzene rings is 1. The Morgan fingerprint density at radius 1 is 1.13 bits per heavy atom. The zero-order valence-electron chi connectivity index (χ0n) is 18.5. The van der Waals surface area contributed by atoms with Gasteiger partial charge in [0.25, 0.3) is 11.8 Å². The second-order valence-corrected chi connectivity index (χ2v) is 8.07. The molecule has 2 aliphatic rings. The van der Waals surface area contributed by atoms with Crippen molar-refractivity contribution < 1.29 is 19.1 Å². The average Bonchev–Trinajstić information content (AvgIpc) is 3.18. The van der Waals surface area contributed by atoms with Crippen LogP contribution in [0.15, 0.2) is 24.3 Å². The van der Waals surface area contributed by atoms with Gasteiger partial charge in [-0.3, -0.25) is 14.3 Å². The molecule has 166 valence electrons. The fourth-order valence-electron chi connectivity index (χ4n) is 4.50. The van der Waals surface area contributed by atoms with Gasteiger partial charge in [-0.1, -0.05) is 0 Å². The Kier molecular flexibility index (Phi) is 6.15. The van der Waals surface area contributed by atoms with Gasteiger partial charge in [0.1, 0.15) is 17.2 Å². The Balaban J connectivity index is 1.54. The number of aryl methyl sites for hydroxylation is 1. The largest absolute Gasteiger partial charge is 0.497 e. The molecule has 1 aromatic carbocycles. The molecule has 2 amide bonds. The van der Waals surface area contributed by atoms with Gasteiger partial charge in [-0.2, -0.15) is 5.10 Å². The van der Waals surface area contributed by atoms with Gasteiger partial charge in [0, 0.05) is 44.7 Å². The van der Waals surface area contributed by atoms with Crippen LogP contribution >= 0.6 is 0 Å². The number of aromatic nitrogens is 2. The van der Waals surface area contributed by atoms with Crippen molar-refractivity contribution in [3.8, 4) is 11.5 Å². The van der Waals surface area contributed by atoms with Crippen molar-refractivity contribution in [2.45, 2.75) is 38.6 Å². The summed E-state index contributed by atoms with van der Waals surface area (Å²) in [6.07, 6.45) is 2.75. The molecule has 2 aromatic rings. The van der Waals surface area contributed by atoms with E-state index in [4.69, 9.17) is 14.6 Å². The first-order valence-electron chi connectivity index (χ1n) is 10.9. The number of carbonyl (C=O) groups excluding carboxylic acids is 2. The Labute approximate surface area is 182 Å². The second-order valence-electron chi connectivity index (χ2n) is 8.07. The highest BCUT2D eigenvalue weighted by atomic mass is 16.5. The maximum absolute atomic E-state index is 13.2. The van der Waals surface area contributed by atoms with Crippen LogP contribution in [0.1, 0.15) is 58.6 Å². The Hall–Kier alpha value is -3.03. The van der Waals surface area contributed by atoms with Crippen LogP contribution in [0.4, 0.5) is 0 Å². The van der Waals surface area contributed by atoms with Gasteiger partial charge in [0.2, 0.25) is 0 Å². The fourth-order valence-corrected chi connectivity index (χ4v) is 4.50. The SMILES string of the molecule is CCN1CCCn2nc(C3CCCN(C(=O)c4ccc(OC)cc4OC)C3)cc2C1=O. The van der Waals surface area contributed by atoms with Gasteiger partial charge in [0.15, 0.2) is 0 Å². The third-order valence-corrected chi connectivity index (χ3v) is 6.25. The van der Waals surface area contributed by atoms with E-state index in [1.54, 1.807) is 32.4 Å². The highest BCUT2D eigenvalue weighted by molar-refractivity contribution is 5.97. The molecule has 1 aromatic heterocycles. The summed E-state index contributed by atoms with van der Waals surface area (Å²) >= 11 is 0. The Bertz CT molecular complexity index is 970. The minimum Gasteiger partial charge on any atom is -0.497 e. The highest BCUT2D eigenvalue weighted by Crippen LogP contribution is 2.31. The van der Waals surface area contributed by atoms with Gasteiger partial charge in [-0.25, -0.2) is 0 Å². The number of fused-ring (bicyclic) bond motifs is 1. The lowest BCUT2D eigenvalue weighted by Gasteiger charge is -2.32. The van der Waals surface area contributed by atoms with E-state index in [-0.39, 0.29) is 17.7 Å². The number of amides is 2. The number of ether oxygens (including phenoxy) is 2. The van der Waals surface area contributed by atoms with Crippen molar-refractivity contribution in [1.82, 2.24) is 19.6 Å². The monoisotopic (exact) mass is 426 g/mol. The van der Waals surface area contributed by atoms with E-state index in [0.29, 0.717) is 42.4 Å². The molecule has 1 saturated heterocycles. The predicted molar refractivity (Wildman–Crippen MR) is 116 cm³/mol. The first kappa shape index (κ1) is 21.2. The topological polar surface area (TPSA) is 76.9 Å². The Morgan fingerprint density at radius 2 is 1.97 bits per heavy atom. The van der Waals surface area contributed by atoms with Gasteiger partial charge < -0.3 is 19.3 Å². The van der Waals surface area contributed by atoms with E-state index in [9.17, 15) is 9.59 Å². The molecule has 8 nitrogen and oxygen atoms in total. The molecule has 0 radical (unpaired) electrons. The van der Waals surface area contributed by atoms with E-state index < -0.39 is 0 Å². The van der Waals surface area contributed by atoms with E-state index in [1.807, 2.05) is 27.5 Å². The van der Waals surface area contributed by atoms with Crippen LogP contribution in [0.3, 0.4) is 0 Å². The van der Waals surface area contributed by atoms with Gasteiger partial charge in [0.05, 0.1) is 25.5 Å². The molecule has 1 atom stereocenters. The third-order valence-electron chi connectivity index (χ3n) is 6.25. The lowest BCUT2D eigenvalue weighted by atomic mass is 9.94. The van der Waals surface area contributed by atoms with Crippen molar-refractivity contribution >= 4 is 11.8 Å². The third kappa shape index (κ3) is 4.11. The van der Waals surface area contributed by atoms with Crippen molar-refractivity contribution in [3.63, 3.8) is 0 Å². The maximum atomic E-state index is 13.2. The number of methoxy groups -OCH3 is 2. The minimum atomic E-state index is -0.0572. The van der Waals surface area contributed by atoms with Crippen molar-refractivity contribution in [2.24, 2.45) is 0 Å². The molecule has 0 N–H and O–H groups in total. The fraction of sp³-hybridized carbons (Fsp3) is 0.522. The maximum Gasteiger partial charge on any atom is 0.272 e. The first-order chi connectivity index (χ1) is 15.0. The Morgan fingerprint density at radius 3 is 2.71 bits per heavy atom. The van der Waals surface area contributed by atoms with E-state index >= 15 is 0 Å². The van der Waals surface area contributed by atoms with E-state index in [0.717, 1.165) is 38.0 Å². The van der Waals surface area contributed by atoms with Crippen LogP contribution < -0.4 is 9.47 Å². The molecule has 1 unspecified atom stereocenters. The zero-order chi connectivity index (χ0) is 22.0. The van der Waals surface area contributed by atoms with Crippen LogP contribution in [0.2, 0.25) is 0 Å². The van der Waals surface area contributed by atoms with Gasteiger partial charge in [-0.05, 0) is 44.4 Å². The van der Waals surface area contributed by atoms with Gasteiger partial charge in [-0.15, -0.1) is 0 Å². The molecule has 1 fully saturated rings. The minimum absolute atomic E-state index is 0.0467. The van der Waals surface area contributed by atoms with Crippen LogP contribution in [-0.4, -0.2) is 71.8 Å². The van der Waals surface area contributed by atoms with Crippen LogP contribution in [0.5, 0.6) is 11.5 Å². The molecule has 31 heavy (non-hydrogen) atoms. The summed E-state index contributed by atoms with van der Waals surface area (Å²) in [5.74, 6) is 1.26. The van der Waals surface area contributed by atoms with Crippen LogP contribution in [-0.2, 0) is 6.54 Å². The number of piperidine rings is 1. The number of nitrogens with zero attached hydrogens (tertiary/aromatic N) is 4. The quantitative estimate of drug-likeness (QED) is 0.735. The number of rotatable bonds is 5. The summed E-state index contributed by atoms with van der Waals surface area (Å²) in [7, 11) is 3.14. The zero-order valence-corrected chi connectivity index (χ0v) is 18.5. The van der Waals surface area contributed by atoms with Gasteiger partial charge >= 0.3 is 0 Å². The highest BCUT2D eigenvalue weighted by Gasteiger charge is 2.31. The standard InChI is InChI=1S/C23H30N4O4/c1-4-25-11-6-12-27-20(23(25)29)14-19(24-27)16-7-5-10-26(15-16)22(28)18-9-8-17(30-2)13-21(18)31-3/h8-9,13-14,16H,4-7,10-12,15H2,1-3H3. The average molecular weight is 427 g/mol. The molecule has 8 heteroatoms. The molecule has 0 bridgehead atoms. The van der Waals surface area contributed by atoms with Crippen LogP contribution in [0.25, 0.3) is 0 Å². The molecular formula is C23H30N4O4. The molecule has 0 aliphatic carbocycles. The predicted octanol–water partition coefficient (Wildman–Crippen LogP) is 2.79. The molecule has 0 spiro atoms. The number of carbonyl (C=O) groups is 2. The van der Waals surface area contributed by atoms with E-state index in [1.165, 1.54) is 0 Å². The summed E-state index contributed by atoms with van der Waals surface area (Å²) in [6, 6.07) is 7.18. The number of hydrogen-bond donors (Lipinski definition) is 0. The summed E-state index contributed by atoms with van der Waals surface area (Å²) in [5.41, 5.74) is 2.09. The second kappa shape index (κ2) is 8.99. The lowest BCUT2D eigenvalue weighted by molar-refractivity contribution is 0.0701. The summed E-state index contributed by atoms with van der Waals surface area (Å²) < 4.78 is 12.5. The molecule has 2 aliphatic heterocycles. The van der Waals surface area contributed by atoms with Crippen molar-refractivity contribution in [2.75, 3.05) is 40.4 Å². The molecular weight excluding hydrogens is 396 g/mol. The summed E-state index contributed by atoms with van der Waals surface area (Å²) in [6.45, 7) is 5.49. The molecule has 4 rings (SSSR count). The normalized spacial score (nSPS) is 19.1. The lowest BCUT2D eigenvalue weighted by Crippen LogP contribution is -2.39. The van der Waals surface area contributed by atoms with Crippen LogP contribution in [0, 0.1) is 0 Å². The smallest absolute Gasteiger partial charge is 0.272 e. The van der Waals surface area contributed by atoms with Crippen molar-refractivity contribution in [3.05, 3.63) is 41.2 Å². The molecule has 3 heterocycles. The van der Waals surface area contributed by atoms with E-state index in [2.05, 4.69) is 0 Å². The summed E-state index contributed by atoms with van der Waals surface area (Å²) in [4.78, 5) is 29.8. The first-order valence-corrected chi connectivity index (χ1v) is 10.9.